The number of rotatable bonds is 15. The van der Waals surface area contributed by atoms with Crippen molar-refractivity contribution < 1.29 is 33.8 Å². The summed E-state index contributed by atoms with van der Waals surface area (Å²) in [6.07, 6.45) is 9.62. The lowest BCUT2D eigenvalue weighted by atomic mass is 9.81. The SMILES string of the molecule is COc1ccc2c(c1)c(CC(=O)NCCCN1CCN(CCCNC(=O)c3ccc(C(=O)[O-])c(C4=c5cc6c7c(c5Oc5c4cc4c8c5CCCN8CCC4)CCC[N+]=7CCC6)c3)CC1)c(C)n2C(=O)c1ccc(Cl)cc1. The quantitative estimate of drug-likeness (QED) is 0.0984. The zero-order valence-electron chi connectivity index (χ0n) is 44.2. The lowest BCUT2D eigenvalue weighted by molar-refractivity contribution is -0.255. The minimum atomic E-state index is -1.27. The van der Waals surface area contributed by atoms with Gasteiger partial charge in [0.25, 0.3) is 11.8 Å². The number of aromatic nitrogens is 1. The third-order valence-corrected chi connectivity index (χ3v) is 17.3. The number of anilines is 1. The van der Waals surface area contributed by atoms with E-state index in [0.29, 0.717) is 51.8 Å². The number of aromatic carboxylic acids is 1. The molecule has 0 unspecified atom stereocenters. The van der Waals surface area contributed by atoms with Gasteiger partial charge in [0, 0.05) is 131 Å². The standard InChI is InChI=1S/C62H66ClN7O7/c1-38-48(49-36-44(76-2)18-20-53(49)70(38)61(73)39-13-16-43(63)17-14-39)37-54(71)64-21-7-23-66-29-31-67(32-30-66)24-8-22-65-60(72)42-15-19-45(62(74)75)50(35-42)55-51-33-40-9-3-25-68-27-5-11-46(56(40)68)58(51)77-59-47-12-6-28-69-26-4-10-41(57(47)69)34-52(55)59/h13-20,33-36H,3-12,21-32,37H2,1-2H3,(H2-,64,65,71,72,74,75). The van der Waals surface area contributed by atoms with Crippen LogP contribution in [0.1, 0.15) is 114 Å². The van der Waals surface area contributed by atoms with E-state index in [1.807, 2.05) is 25.1 Å². The Morgan fingerprint density at radius 2 is 1.42 bits per heavy atom. The highest BCUT2D eigenvalue weighted by Gasteiger charge is 2.36. The first-order valence-corrected chi connectivity index (χ1v) is 28.2. The predicted octanol–water partition coefficient (Wildman–Crippen LogP) is 5.59. The number of fused-ring (bicyclic) bond motifs is 5. The first-order chi connectivity index (χ1) is 37.5. The second kappa shape index (κ2) is 21.4. The summed E-state index contributed by atoms with van der Waals surface area (Å²) in [4.78, 5) is 61.7. The predicted molar refractivity (Wildman–Crippen MR) is 297 cm³/mol. The number of benzene rings is 5. The molecule has 0 spiro atoms. The number of halogens is 1. The number of carboxylic acids is 1. The van der Waals surface area contributed by atoms with Gasteiger partial charge < -0.3 is 44.7 Å². The molecule has 1 fully saturated rings. The molecule has 5 aromatic carbocycles. The summed E-state index contributed by atoms with van der Waals surface area (Å²) in [6, 6.07) is 21.8. The van der Waals surface area contributed by atoms with Gasteiger partial charge in [0.1, 0.15) is 30.3 Å². The number of carboxylic acid groups (broad SMARTS) is 1. The number of hydrogen-bond donors (Lipinski definition) is 2. The van der Waals surface area contributed by atoms with Crippen molar-refractivity contribution in [3.63, 3.8) is 0 Å². The lowest BCUT2D eigenvalue weighted by Crippen LogP contribution is -2.47. The first kappa shape index (κ1) is 50.8. The van der Waals surface area contributed by atoms with Crippen LogP contribution in [0.15, 0.2) is 72.8 Å². The van der Waals surface area contributed by atoms with Crippen molar-refractivity contribution >= 4 is 57.5 Å². The van der Waals surface area contributed by atoms with E-state index < -0.39 is 5.97 Å². The van der Waals surface area contributed by atoms with Crippen LogP contribution in [0.25, 0.3) is 16.5 Å². The number of ether oxygens (including phenoxy) is 2. The van der Waals surface area contributed by atoms with Crippen LogP contribution in [0.5, 0.6) is 17.2 Å². The molecular formula is C62H66ClN7O7. The zero-order chi connectivity index (χ0) is 52.9. The van der Waals surface area contributed by atoms with E-state index in [1.165, 1.54) is 33.3 Å². The highest BCUT2D eigenvalue weighted by Crippen LogP contribution is 2.49. The van der Waals surface area contributed by atoms with Crippen molar-refractivity contribution in [2.24, 2.45) is 0 Å². The van der Waals surface area contributed by atoms with Crippen molar-refractivity contribution in [2.45, 2.75) is 77.6 Å². The molecule has 1 aromatic heterocycles. The maximum Gasteiger partial charge on any atom is 0.262 e. The van der Waals surface area contributed by atoms with Crippen LogP contribution in [-0.4, -0.2) is 124 Å². The molecule has 2 N–H and O–H groups in total. The average Bonchev–Trinajstić information content (AvgIpc) is 3.86. The number of piperazine rings is 1. The molecule has 6 aromatic rings. The smallest absolute Gasteiger partial charge is 0.262 e. The molecule has 77 heavy (non-hydrogen) atoms. The summed E-state index contributed by atoms with van der Waals surface area (Å²) in [5.74, 6) is 0.519. The van der Waals surface area contributed by atoms with Crippen LogP contribution < -0.4 is 45.3 Å². The molecule has 14 nitrogen and oxygen atoms in total. The number of nitrogens with zero attached hydrogens (tertiary/aromatic N) is 5. The molecule has 12 rings (SSSR count). The Morgan fingerprint density at radius 3 is 2.16 bits per heavy atom. The van der Waals surface area contributed by atoms with Gasteiger partial charge in [0.05, 0.1) is 30.6 Å². The van der Waals surface area contributed by atoms with Crippen molar-refractivity contribution in [1.82, 2.24) is 29.6 Å². The molecule has 398 valence electrons. The van der Waals surface area contributed by atoms with E-state index in [0.717, 1.165) is 168 Å². The minimum Gasteiger partial charge on any atom is -0.545 e. The van der Waals surface area contributed by atoms with Gasteiger partial charge in [-0.3, -0.25) is 19.0 Å². The summed E-state index contributed by atoms with van der Waals surface area (Å²) in [5.41, 5.74) is 11.7. The molecule has 6 aliphatic heterocycles. The van der Waals surface area contributed by atoms with Gasteiger partial charge >= 0.3 is 0 Å². The molecule has 2 amide bonds. The Balaban J connectivity index is 0.675. The summed E-state index contributed by atoms with van der Waals surface area (Å²) < 4.78 is 16.9. The monoisotopic (exact) mass is 1060 g/mol. The molecule has 15 heteroatoms. The van der Waals surface area contributed by atoms with E-state index >= 15 is 0 Å². The van der Waals surface area contributed by atoms with Gasteiger partial charge in [0.2, 0.25) is 11.3 Å². The van der Waals surface area contributed by atoms with E-state index in [2.05, 4.69) is 42.0 Å². The van der Waals surface area contributed by atoms with Crippen LogP contribution in [0, 0.1) is 6.92 Å². The van der Waals surface area contributed by atoms with Crippen LogP contribution in [-0.2, 0) is 36.9 Å². The fourth-order valence-corrected chi connectivity index (χ4v) is 13.4. The zero-order valence-corrected chi connectivity index (χ0v) is 44.9. The lowest BCUT2D eigenvalue weighted by Gasteiger charge is -2.39. The molecule has 0 atom stereocenters. The Kier molecular flexibility index (Phi) is 14.1. The minimum absolute atomic E-state index is 0.0685. The molecule has 6 aliphatic rings. The fourth-order valence-electron chi connectivity index (χ4n) is 13.3. The van der Waals surface area contributed by atoms with E-state index in [-0.39, 0.29) is 29.7 Å². The van der Waals surface area contributed by atoms with Crippen LogP contribution >= 0.6 is 11.6 Å². The molecule has 0 bridgehead atoms. The highest BCUT2D eigenvalue weighted by atomic mass is 35.5. The molecule has 7 heterocycles. The van der Waals surface area contributed by atoms with Crippen LogP contribution in [0.2, 0.25) is 5.02 Å². The number of carbonyl (C=O) groups is 4. The summed E-state index contributed by atoms with van der Waals surface area (Å²) in [7, 11) is 1.60. The van der Waals surface area contributed by atoms with E-state index in [1.54, 1.807) is 54.1 Å². The van der Waals surface area contributed by atoms with Gasteiger partial charge in [-0.1, -0.05) is 17.7 Å². The second-order valence-electron chi connectivity index (χ2n) is 21.7. The van der Waals surface area contributed by atoms with Crippen molar-refractivity contribution in [3.05, 3.63) is 150 Å². The normalized spacial score (nSPS) is 16.7. The Hall–Kier alpha value is -7.00. The number of nitrogens with one attached hydrogen (secondary N) is 2. The second-order valence-corrected chi connectivity index (χ2v) is 22.1. The Morgan fingerprint density at radius 1 is 0.727 bits per heavy atom. The van der Waals surface area contributed by atoms with Gasteiger partial charge in [-0.05, 0) is 155 Å². The summed E-state index contributed by atoms with van der Waals surface area (Å²) in [6.45, 7) is 12.4. The number of aryl methyl sites for hydroxylation is 2. The average molecular weight is 1060 g/mol. The summed E-state index contributed by atoms with van der Waals surface area (Å²) >= 11 is 6.10. The number of amides is 2. The Labute approximate surface area is 453 Å². The van der Waals surface area contributed by atoms with Crippen LogP contribution in [0.4, 0.5) is 5.69 Å². The van der Waals surface area contributed by atoms with Gasteiger partial charge in [-0.2, -0.15) is 0 Å². The number of methoxy groups -OCH3 is 1. The van der Waals surface area contributed by atoms with Gasteiger partial charge in [0.15, 0.2) is 0 Å². The third-order valence-electron chi connectivity index (χ3n) is 17.0. The Bertz CT molecular complexity index is 3520. The molecule has 0 aliphatic carbocycles. The highest BCUT2D eigenvalue weighted by molar-refractivity contribution is 6.30. The first-order valence-electron chi connectivity index (χ1n) is 27.8. The third kappa shape index (κ3) is 9.67. The molecule has 0 saturated carbocycles. The summed E-state index contributed by atoms with van der Waals surface area (Å²) in [5, 5.41) is 22.9. The topological polar surface area (TPSA) is 152 Å². The van der Waals surface area contributed by atoms with Gasteiger partial charge in [-0.25, -0.2) is 4.58 Å². The van der Waals surface area contributed by atoms with E-state index in [4.69, 9.17) is 21.1 Å². The number of hydrogen-bond acceptors (Lipinski definition) is 10. The van der Waals surface area contributed by atoms with Crippen molar-refractivity contribution in [1.29, 1.82) is 0 Å². The number of carbonyl (C=O) groups excluding carboxylic acids is 4. The fraction of sp³-hybridized carbons (Fsp3) is 0.403. The molecular weight excluding hydrogens is 990 g/mol. The van der Waals surface area contributed by atoms with Crippen molar-refractivity contribution in [3.8, 4) is 17.2 Å². The van der Waals surface area contributed by atoms with E-state index in [9.17, 15) is 24.3 Å². The van der Waals surface area contributed by atoms with Crippen LogP contribution in [0.3, 0.4) is 0 Å². The molecule has 0 radical (unpaired) electrons. The largest absolute Gasteiger partial charge is 0.545 e. The molecule has 1 saturated heterocycles. The van der Waals surface area contributed by atoms with Gasteiger partial charge in [-0.15, -0.1) is 0 Å². The maximum absolute atomic E-state index is 14.1. The van der Waals surface area contributed by atoms with Crippen molar-refractivity contribution in [2.75, 3.05) is 90.5 Å². The maximum atomic E-state index is 14.1.